The van der Waals surface area contributed by atoms with E-state index in [1.807, 2.05) is 0 Å². The molecular formula is C19H27FO4. The molecule has 24 heavy (non-hydrogen) atoms. The molecule has 0 radical (unpaired) electrons. The van der Waals surface area contributed by atoms with E-state index < -0.39 is 6.10 Å². The van der Waals surface area contributed by atoms with Gasteiger partial charge in [-0.2, -0.15) is 0 Å². The Bertz CT molecular complexity index is 499. The van der Waals surface area contributed by atoms with Gasteiger partial charge in [-0.05, 0) is 37.5 Å². The molecule has 0 bridgehead atoms. The van der Waals surface area contributed by atoms with Crippen molar-refractivity contribution < 1.29 is 23.5 Å². The van der Waals surface area contributed by atoms with Crippen molar-refractivity contribution in [3.05, 3.63) is 35.6 Å². The van der Waals surface area contributed by atoms with Crippen LogP contribution < -0.4 is 0 Å². The Balaban J connectivity index is 2.15. The lowest BCUT2D eigenvalue weighted by Gasteiger charge is -2.13. The summed E-state index contributed by atoms with van der Waals surface area (Å²) in [4.78, 5) is 23.3. The molecule has 4 nitrogen and oxygen atoms in total. The van der Waals surface area contributed by atoms with Crippen molar-refractivity contribution in [2.75, 3.05) is 6.61 Å². The summed E-state index contributed by atoms with van der Waals surface area (Å²) in [5, 5.41) is 0. The Kier molecular flexibility index (Phi) is 9.73. The van der Waals surface area contributed by atoms with Gasteiger partial charge >= 0.3 is 11.9 Å². The standard InChI is InChI=1S/C19H27FO4/c1-3-4-5-6-14-23-18(21)8-7-9-19(22)24-15(2)16-10-12-17(20)13-11-16/h10-13,15H,3-9,14H2,1-2H3. The van der Waals surface area contributed by atoms with Crippen LogP contribution in [0.3, 0.4) is 0 Å². The maximum absolute atomic E-state index is 12.9. The molecule has 1 rings (SSSR count). The van der Waals surface area contributed by atoms with Gasteiger partial charge in [-0.3, -0.25) is 9.59 Å². The summed E-state index contributed by atoms with van der Waals surface area (Å²) in [6, 6.07) is 5.83. The number of hydrogen-bond donors (Lipinski definition) is 0. The zero-order valence-corrected chi connectivity index (χ0v) is 14.6. The van der Waals surface area contributed by atoms with Crippen LogP contribution in [0.2, 0.25) is 0 Å². The number of halogens is 1. The van der Waals surface area contributed by atoms with Gasteiger partial charge in [0.25, 0.3) is 0 Å². The molecule has 0 N–H and O–H groups in total. The predicted molar refractivity (Wildman–Crippen MR) is 89.9 cm³/mol. The third-order valence-electron chi connectivity index (χ3n) is 3.67. The highest BCUT2D eigenvalue weighted by molar-refractivity contribution is 5.72. The van der Waals surface area contributed by atoms with Gasteiger partial charge in [0.1, 0.15) is 11.9 Å². The molecule has 5 heteroatoms. The molecule has 0 saturated heterocycles. The summed E-state index contributed by atoms with van der Waals surface area (Å²) in [5.41, 5.74) is 0.733. The second-order valence-electron chi connectivity index (χ2n) is 5.82. The van der Waals surface area contributed by atoms with Crippen molar-refractivity contribution in [3.8, 4) is 0 Å². The summed E-state index contributed by atoms with van der Waals surface area (Å²) in [6.45, 7) is 4.31. The monoisotopic (exact) mass is 338 g/mol. The lowest BCUT2D eigenvalue weighted by Crippen LogP contribution is -2.11. The molecule has 0 heterocycles. The SMILES string of the molecule is CCCCCCOC(=O)CCCC(=O)OC(C)c1ccc(F)cc1. The number of benzene rings is 1. The quantitative estimate of drug-likeness (QED) is 0.432. The number of ether oxygens (including phenoxy) is 2. The van der Waals surface area contributed by atoms with Crippen molar-refractivity contribution in [2.24, 2.45) is 0 Å². The number of hydrogen-bond acceptors (Lipinski definition) is 4. The lowest BCUT2D eigenvalue weighted by molar-refractivity contribution is -0.149. The van der Waals surface area contributed by atoms with Gasteiger partial charge in [0.05, 0.1) is 6.61 Å². The molecule has 1 atom stereocenters. The molecular weight excluding hydrogens is 311 g/mol. The van der Waals surface area contributed by atoms with Gasteiger partial charge in [-0.25, -0.2) is 4.39 Å². The number of carbonyl (C=O) groups is 2. The number of esters is 2. The van der Waals surface area contributed by atoms with Crippen molar-refractivity contribution in [1.82, 2.24) is 0 Å². The highest BCUT2D eigenvalue weighted by Crippen LogP contribution is 2.18. The Labute approximate surface area is 143 Å². The van der Waals surface area contributed by atoms with Crippen molar-refractivity contribution in [2.45, 2.75) is 64.9 Å². The summed E-state index contributed by atoms with van der Waals surface area (Å²) in [7, 11) is 0. The molecule has 0 aliphatic carbocycles. The molecule has 0 aromatic heterocycles. The minimum absolute atomic E-state index is 0.163. The van der Waals surface area contributed by atoms with Gasteiger partial charge in [0.2, 0.25) is 0 Å². The highest BCUT2D eigenvalue weighted by Gasteiger charge is 2.12. The first-order valence-electron chi connectivity index (χ1n) is 8.63. The van der Waals surface area contributed by atoms with E-state index in [9.17, 15) is 14.0 Å². The van der Waals surface area contributed by atoms with E-state index in [1.54, 1.807) is 19.1 Å². The lowest BCUT2D eigenvalue weighted by atomic mass is 10.1. The van der Waals surface area contributed by atoms with Crippen LogP contribution >= 0.6 is 0 Å². The van der Waals surface area contributed by atoms with E-state index in [2.05, 4.69) is 6.92 Å². The van der Waals surface area contributed by atoms with Crippen molar-refractivity contribution >= 4 is 11.9 Å². The Morgan fingerprint density at radius 3 is 2.33 bits per heavy atom. The summed E-state index contributed by atoms with van der Waals surface area (Å²) in [6.07, 6.45) is 4.59. The molecule has 0 fully saturated rings. The van der Waals surface area contributed by atoms with Crippen LogP contribution in [0.4, 0.5) is 4.39 Å². The Morgan fingerprint density at radius 1 is 1.00 bits per heavy atom. The predicted octanol–water partition coefficient (Wildman–Crippen LogP) is 4.72. The van der Waals surface area contributed by atoms with Crippen LogP contribution in [0.15, 0.2) is 24.3 Å². The number of unbranched alkanes of at least 4 members (excludes halogenated alkanes) is 3. The first kappa shape index (κ1) is 20.1. The summed E-state index contributed by atoms with van der Waals surface area (Å²) >= 11 is 0. The molecule has 1 unspecified atom stereocenters. The van der Waals surface area contributed by atoms with E-state index in [0.717, 1.165) is 31.2 Å². The largest absolute Gasteiger partial charge is 0.466 e. The van der Waals surface area contributed by atoms with Crippen LogP contribution in [0, 0.1) is 5.82 Å². The van der Waals surface area contributed by atoms with Crippen LogP contribution in [0.1, 0.15) is 70.5 Å². The van der Waals surface area contributed by atoms with Gasteiger partial charge in [0.15, 0.2) is 0 Å². The van der Waals surface area contributed by atoms with Crippen LogP contribution in [-0.2, 0) is 19.1 Å². The van der Waals surface area contributed by atoms with Gasteiger partial charge < -0.3 is 9.47 Å². The van der Waals surface area contributed by atoms with E-state index in [1.165, 1.54) is 12.1 Å². The molecule has 1 aromatic carbocycles. The number of carbonyl (C=O) groups excluding carboxylic acids is 2. The van der Waals surface area contributed by atoms with E-state index in [-0.39, 0.29) is 30.6 Å². The van der Waals surface area contributed by atoms with Crippen LogP contribution in [-0.4, -0.2) is 18.5 Å². The van der Waals surface area contributed by atoms with Crippen molar-refractivity contribution in [3.63, 3.8) is 0 Å². The van der Waals surface area contributed by atoms with E-state index in [0.29, 0.717) is 13.0 Å². The summed E-state index contributed by atoms with van der Waals surface area (Å²) in [5.74, 6) is -0.973. The molecule has 0 spiro atoms. The van der Waals surface area contributed by atoms with Crippen LogP contribution in [0.5, 0.6) is 0 Å². The van der Waals surface area contributed by atoms with E-state index in [4.69, 9.17) is 9.47 Å². The average Bonchev–Trinajstić information content (AvgIpc) is 2.55. The third-order valence-corrected chi connectivity index (χ3v) is 3.67. The fourth-order valence-corrected chi connectivity index (χ4v) is 2.22. The van der Waals surface area contributed by atoms with Gasteiger partial charge in [-0.1, -0.05) is 38.3 Å². The molecule has 0 aliphatic rings. The normalized spacial score (nSPS) is 11.8. The zero-order chi connectivity index (χ0) is 17.8. The fourth-order valence-electron chi connectivity index (χ4n) is 2.22. The molecule has 1 aromatic rings. The summed E-state index contributed by atoms with van der Waals surface area (Å²) < 4.78 is 23.2. The van der Waals surface area contributed by atoms with Crippen molar-refractivity contribution in [1.29, 1.82) is 0 Å². The minimum Gasteiger partial charge on any atom is -0.466 e. The topological polar surface area (TPSA) is 52.6 Å². The minimum atomic E-state index is -0.441. The molecule has 0 saturated carbocycles. The average molecular weight is 338 g/mol. The third kappa shape index (κ3) is 8.65. The maximum Gasteiger partial charge on any atom is 0.306 e. The van der Waals surface area contributed by atoms with E-state index >= 15 is 0 Å². The maximum atomic E-state index is 12.9. The molecule has 0 amide bonds. The first-order chi connectivity index (χ1) is 11.5. The molecule has 134 valence electrons. The Morgan fingerprint density at radius 2 is 1.67 bits per heavy atom. The fraction of sp³-hybridized carbons (Fsp3) is 0.579. The zero-order valence-electron chi connectivity index (χ0n) is 14.6. The Hall–Kier alpha value is -1.91. The smallest absolute Gasteiger partial charge is 0.306 e. The van der Waals surface area contributed by atoms with Crippen LogP contribution in [0.25, 0.3) is 0 Å². The first-order valence-corrected chi connectivity index (χ1v) is 8.63. The number of rotatable bonds is 11. The van der Waals surface area contributed by atoms with Gasteiger partial charge in [0, 0.05) is 12.8 Å². The molecule has 0 aliphatic heterocycles. The highest BCUT2D eigenvalue weighted by atomic mass is 19.1. The van der Waals surface area contributed by atoms with Gasteiger partial charge in [-0.15, -0.1) is 0 Å². The second-order valence-corrected chi connectivity index (χ2v) is 5.82. The second kappa shape index (κ2) is 11.6.